The highest BCUT2D eigenvalue weighted by Gasteiger charge is 2.19. The first kappa shape index (κ1) is 32.4. The van der Waals surface area contributed by atoms with Gasteiger partial charge in [-0.15, -0.1) is 0 Å². The van der Waals surface area contributed by atoms with Crippen LogP contribution in [0.4, 0.5) is 0 Å². The Morgan fingerprint density at radius 2 is 1.02 bits per heavy atom. The molecule has 0 amide bonds. The average molecular weight is 740 g/mol. The van der Waals surface area contributed by atoms with Gasteiger partial charge in [-0.3, -0.25) is 0 Å². The van der Waals surface area contributed by atoms with Crippen molar-refractivity contribution in [1.82, 2.24) is 14.5 Å². The highest BCUT2D eigenvalue weighted by Crippen LogP contribution is 2.41. The summed E-state index contributed by atoms with van der Waals surface area (Å²) in [6, 6.07) is 70.9. The molecule has 0 bridgehead atoms. The van der Waals surface area contributed by atoms with Crippen molar-refractivity contribution in [2.45, 2.75) is 0 Å². The van der Waals surface area contributed by atoms with Crippen molar-refractivity contribution in [3.8, 4) is 50.6 Å². The summed E-state index contributed by atoms with van der Waals surface area (Å²) in [6.45, 7) is 0. The zero-order valence-corrected chi connectivity index (χ0v) is 31.3. The summed E-state index contributed by atoms with van der Waals surface area (Å²) in [5, 5.41) is 7.87. The van der Waals surface area contributed by atoms with Crippen molar-refractivity contribution in [1.29, 1.82) is 0 Å². The molecule has 0 radical (unpaired) electrons. The Labute approximate surface area is 333 Å². The monoisotopic (exact) mass is 739 g/mol. The molecule has 12 aromatic rings. The van der Waals surface area contributed by atoms with Crippen LogP contribution in [0.25, 0.3) is 116 Å². The molecule has 0 N–H and O–H groups in total. The number of hydrogen-bond donors (Lipinski definition) is 0. The topological polar surface area (TPSA) is 43.9 Å². The zero-order valence-electron chi connectivity index (χ0n) is 31.3. The SMILES string of the molecule is c1ccc(-c2ccc3cc(-c4nc(-c5cccc6oc7ccc(-c8ccc9c(c8)c8ccccc8n9-c8ccccc8)cc7c56)nc5ccccc45)ccc3c2)cc1. The van der Waals surface area contributed by atoms with Gasteiger partial charge >= 0.3 is 0 Å². The molecule has 0 aliphatic rings. The Balaban J connectivity index is 1.00. The van der Waals surface area contributed by atoms with Gasteiger partial charge in [0.2, 0.25) is 0 Å². The molecule has 0 spiro atoms. The largest absolute Gasteiger partial charge is 0.456 e. The van der Waals surface area contributed by atoms with Gasteiger partial charge in [0.15, 0.2) is 5.82 Å². The Morgan fingerprint density at radius 1 is 0.379 bits per heavy atom. The van der Waals surface area contributed by atoms with Crippen LogP contribution in [0.3, 0.4) is 0 Å². The molecule has 0 fully saturated rings. The number of rotatable bonds is 5. The van der Waals surface area contributed by atoms with Gasteiger partial charge in [0.05, 0.1) is 22.2 Å². The van der Waals surface area contributed by atoms with E-state index in [0.29, 0.717) is 5.82 Å². The first-order valence-electron chi connectivity index (χ1n) is 19.6. The van der Waals surface area contributed by atoms with Crippen LogP contribution >= 0.6 is 0 Å². The van der Waals surface area contributed by atoms with E-state index in [-0.39, 0.29) is 0 Å². The maximum atomic E-state index is 6.52. The summed E-state index contributed by atoms with van der Waals surface area (Å²) in [5.74, 6) is 0.669. The van der Waals surface area contributed by atoms with Gasteiger partial charge in [-0.1, -0.05) is 133 Å². The molecular formula is C54H33N3O. The van der Waals surface area contributed by atoms with Gasteiger partial charge in [0, 0.05) is 43.7 Å². The minimum Gasteiger partial charge on any atom is -0.456 e. The van der Waals surface area contributed by atoms with Crippen LogP contribution in [-0.2, 0) is 0 Å². The Bertz CT molecular complexity index is 3560. The van der Waals surface area contributed by atoms with E-state index in [2.05, 4.69) is 187 Å². The lowest BCUT2D eigenvalue weighted by Crippen LogP contribution is -1.95. The maximum Gasteiger partial charge on any atom is 0.161 e. The molecule has 0 aliphatic carbocycles. The summed E-state index contributed by atoms with van der Waals surface area (Å²) in [6.07, 6.45) is 0. The van der Waals surface area contributed by atoms with Gasteiger partial charge < -0.3 is 8.98 Å². The van der Waals surface area contributed by atoms with Crippen molar-refractivity contribution in [2.75, 3.05) is 0 Å². The van der Waals surface area contributed by atoms with E-state index in [9.17, 15) is 0 Å². The van der Waals surface area contributed by atoms with Crippen molar-refractivity contribution >= 4 is 65.4 Å². The van der Waals surface area contributed by atoms with E-state index in [1.165, 1.54) is 43.7 Å². The lowest BCUT2D eigenvalue weighted by atomic mass is 9.97. The molecule has 58 heavy (non-hydrogen) atoms. The number of furan rings is 1. The number of fused-ring (bicyclic) bond motifs is 8. The fraction of sp³-hybridized carbons (Fsp3) is 0. The predicted octanol–water partition coefficient (Wildman–Crippen LogP) is 14.4. The third-order valence-electron chi connectivity index (χ3n) is 11.6. The molecule has 0 saturated heterocycles. The van der Waals surface area contributed by atoms with Crippen LogP contribution in [0.2, 0.25) is 0 Å². The molecule has 0 aliphatic heterocycles. The third kappa shape index (κ3) is 5.16. The van der Waals surface area contributed by atoms with Crippen molar-refractivity contribution < 1.29 is 4.42 Å². The molecular weight excluding hydrogens is 707 g/mol. The molecule has 3 heterocycles. The normalized spacial score (nSPS) is 11.8. The van der Waals surface area contributed by atoms with Gasteiger partial charge in [-0.25, -0.2) is 9.97 Å². The molecule has 9 aromatic carbocycles. The highest BCUT2D eigenvalue weighted by atomic mass is 16.3. The molecule has 0 unspecified atom stereocenters. The van der Waals surface area contributed by atoms with Gasteiger partial charge in [-0.05, 0) is 99.8 Å². The minimum atomic E-state index is 0.669. The van der Waals surface area contributed by atoms with E-state index < -0.39 is 0 Å². The zero-order chi connectivity index (χ0) is 38.2. The van der Waals surface area contributed by atoms with Crippen LogP contribution < -0.4 is 0 Å². The Kier molecular flexibility index (Phi) is 7.20. The molecule has 4 nitrogen and oxygen atoms in total. The standard InChI is InChI=1S/C54H33N3O/c1-3-12-34(13-4-1)35-22-23-37-31-40(25-24-36(37)30-35)53-43-17-7-9-19-47(43)55-54(56-53)44-18-11-21-51-52(44)46-33-39(27-29-50(46)58-51)38-26-28-49-45(32-38)42-16-8-10-20-48(42)57(49)41-14-5-2-6-15-41/h1-33H. The lowest BCUT2D eigenvalue weighted by Gasteiger charge is -2.11. The maximum absolute atomic E-state index is 6.52. The van der Waals surface area contributed by atoms with Crippen LogP contribution in [0.5, 0.6) is 0 Å². The number of nitrogens with zero attached hydrogens (tertiary/aromatic N) is 3. The summed E-state index contributed by atoms with van der Waals surface area (Å²) in [5.41, 5.74) is 13.6. The second-order valence-electron chi connectivity index (χ2n) is 15.0. The molecule has 12 rings (SSSR count). The average Bonchev–Trinajstić information content (AvgIpc) is 3.84. The third-order valence-corrected chi connectivity index (χ3v) is 11.6. The van der Waals surface area contributed by atoms with Crippen LogP contribution in [-0.4, -0.2) is 14.5 Å². The number of hydrogen-bond acceptors (Lipinski definition) is 3. The summed E-state index contributed by atoms with van der Waals surface area (Å²) in [4.78, 5) is 10.6. The second-order valence-corrected chi connectivity index (χ2v) is 15.0. The van der Waals surface area contributed by atoms with Crippen molar-refractivity contribution in [2.24, 2.45) is 0 Å². The fourth-order valence-corrected chi connectivity index (χ4v) is 8.82. The smallest absolute Gasteiger partial charge is 0.161 e. The van der Waals surface area contributed by atoms with Crippen molar-refractivity contribution in [3.05, 3.63) is 200 Å². The fourth-order valence-electron chi connectivity index (χ4n) is 8.82. The summed E-state index contributed by atoms with van der Waals surface area (Å²) < 4.78 is 8.87. The summed E-state index contributed by atoms with van der Waals surface area (Å²) in [7, 11) is 0. The predicted molar refractivity (Wildman–Crippen MR) is 240 cm³/mol. The second kappa shape index (κ2) is 12.9. The van der Waals surface area contributed by atoms with E-state index in [1.54, 1.807) is 0 Å². The molecule has 3 aromatic heterocycles. The summed E-state index contributed by atoms with van der Waals surface area (Å²) >= 11 is 0. The molecule has 0 saturated carbocycles. The van der Waals surface area contributed by atoms with Crippen LogP contribution in [0.15, 0.2) is 205 Å². The van der Waals surface area contributed by atoms with Crippen molar-refractivity contribution in [3.63, 3.8) is 0 Å². The number of para-hydroxylation sites is 3. The quantitative estimate of drug-likeness (QED) is 0.177. The molecule has 4 heteroatoms. The highest BCUT2D eigenvalue weighted by molar-refractivity contribution is 6.14. The van der Waals surface area contributed by atoms with Crippen LogP contribution in [0.1, 0.15) is 0 Å². The molecule has 0 atom stereocenters. The van der Waals surface area contributed by atoms with Gasteiger partial charge in [0.25, 0.3) is 0 Å². The lowest BCUT2D eigenvalue weighted by molar-refractivity contribution is 0.669. The van der Waals surface area contributed by atoms with Gasteiger partial charge in [0.1, 0.15) is 11.2 Å². The number of benzene rings is 9. The van der Waals surface area contributed by atoms with E-state index in [0.717, 1.165) is 66.5 Å². The van der Waals surface area contributed by atoms with E-state index in [1.807, 2.05) is 18.2 Å². The Morgan fingerprint density at radius 3 is 1.86 bits per heavy atom. The Hall–Kier alpha value is -7.82. The first-order valence-corrected chi connectivity index (χ1v) is 19.6. The number of aromatic nitrogens is 3. The first-order chi connectivity index (χ1) is 28.7. The van der Waals surface area contributed by atoms with Crippen LogP contribution in [0, 0.1) is 0 Å². The van der Waals surface area contributed by atoms with Gasteiger partial charge in [-0.2, -0.15) is 0 Å². The van der Waals surface area contributed by atoms with E-state index >= 15 is 0 Å². The minimum absolute atomic E-state index is 0.669. The van der Waals surface area contributed by atoms with E-state index in [4.69, 9.17) is 14.4 Å². The molecule has 270 valence electrons.